The fourth-order valence-corrected chi connectivity index (χ4v) is 2.44. The van der Waals surface area contributed by atoms with E-state index in [1.54, 1.807) is 18.2 Å². The minimum Gasteiger partial charge on any atom is -0.452 e. The number of carbonyl (C=O) groups is 2. The van der Waals surface area contributed by atoms with Crippen molar-refractivity contribution in [3.05, 3.63) is 47.4 Å². The topological polar surface area (TPSA) is 85.3 Å². The van der Waals surface area contributed by atoms with Crippen molar-refractivity contribution in [2.24, 2.45) is 5.73 Å². The Kier molecular flexibility index (Phi) is 4.70. The Morgan fingerprint density at radius 2 is 2.05 bits per heavy atom. The van der Waals surface area contributed by atoms with Crippen LogP contribution < -0.4 is 11.1 Å². The summed E-state index contributed by atoms with van der Waals surface area (Å²) in [6, 6.07) is 8.59. The van der Waals surface area contributed by atoms with E-state index in [4.69, 9.17) is 21.8 Å². The van der Waals surface area contributed by atoms with E-state index in [-0.39, 0.29) is 22.4 Å². The van der Waals surface area contributed by atoms with E-state index in [2.05, 4.69) is 5.32 Å². The minimum absolute atomic E-state index is 0.0322. The number of hydrogen-bond donors (Lipinski definition) is 2. The highest BCUT2D eigenvalue weighted by atomic mass is 35.5. The van der Waals surface area contributed by atoms with E-state index < -0.39 is 5.91 Å². The van der Waals surface area contributed by atoms with Crippen LogP contribution >= 0.6 is 23.4 Å². The van der Waals surface area contributed by atoms with Crippen LogP contribution in [-0.2, 0) is 4.79 Å². The molecule has 0 aliphatic heterocycles. The highest BCUT2D eigenvalue weighted by Gasteiger charge is 2.14. The van der Waals surface area contributed by atoms with Crippen molar-refractivity contribution in [3.8, 4) is 0 Å². The molecule has 0 unspecified atom stereocenters. The molecule has 3 N–H and O–H groups in total. The van der Waals surface area contributed by atoms with Gasteiger partial charge in [-0.05, 0) is 29.8 Å². The summed E-state index contributed by atoms with van der Waals surface area (Å²) in [4.78, 5) is 23.6. The second kappa shape index (κ2) is 6.49. The lowest BCUT2D eigenvalue weighted by atomic mass is 10.3. The van der Waals surface area contributed by atoms with Gasteiger partial charge in [-0.25, -0.2) is 0 Å². The molecule has 0 aliphatic carbocycles. The molecule has 20 heavy (non-hydrogen) atoms. The Balaban J connectivity index is 2.15. The molecule has 0 fully saturated rings. The van der Waals surface area contributed by atoms with Gasteiger partial charge < -0.3 is 15.5 Å². The molecule has 0 bridgehead atoms. The van der Waals surface area contributed by atoms with Crippen LogP contribution in [0.5, 0.6) is 0 Å². The highest BCUT2D eigenvalue weighted by molar-refractivity contribution is 8.00. The molecule has 1 aromatic carbocycles. The first-order valence-electron chi connectivity index (χ1n) is 5.62. The summed E-state index contributed by atoms with van der Waals surface area (Å²) in [6.07, 6.45) is 1.34. The molecule has 1 aromatic heterocycles. The van der Waals surface area contributed by atoms with Gasteiger partial charge in [0.1, 0.15) is 0 Å². The van der Waals surface area contributed by atoms with Gasteiger partial charge in [-0.3, -0.25) is 9.59 Å². The molecule has 0 spiro atoms. The summed E-state index contributed by atoms with van der Waals surface area (Å²) in [5.41, 5.74) is 5.95. The number of anilines is 1. The number of hydrogen-bond acceptors (Lipinski definition) is 4. The summed E-state index contributed by atoms with van der Waals surface area (Å²) in [5.74, 6) is -0.663. The molecule has 2 rings (SSSR count). The number of amides is 2. The molecule has 0 saturated heterocycles. The Labute approximate surface area is 124 Å². The SMILES string of the molecule is NC(=O)CSc1ccccc1NC(=O)c1ccoc1Cl. The third kappa shape index (κ3) is 3.55. The Hall–Kier alpha value is -1.92. The normalized spacial score (nSPS) is 10.2. The second-order valence-electron chi connectivity index (χ2n) is 3.81. The van der Waals surface area contributed by atoms with E-state index in [1.807, 2.05) is 6.07 Å². The number of carbonyl (C=O) groups excluding carboxylic acids is 2. The van der Waals surface area contributed by atoms with Crippen molar-refractivity contribution in [1.82, 2.24) is 0 Å². The Morgan fingerprint density at radius 1 is 1.30 bits per heavy atom. The van der Waals surface area contributed by atoms with Gasteiger partial charge in [-0.2, -0.15) is 0 Å². The standard InChI is InChI=1S/C13H11ClN2O3S/c14-12-8(5-6-19-12)13(18)16-9-3-1-2-4-10(9)20-7-11(15)17/h1-6H,7H2,(H2,15,17)(H,16,18). The molecule has 0 aliphatic rings. The molecule has 7 heteroatoms. The number of primary amides is 1. The van der Waals surface area contributed by atoms with Gasteiger partial charge in [0.2, 0.25) is 11.1 Å². The third-order valence-corrected chi connectivity index (χ3v) is 3.76. The van der Waals surface area contributed by atoms with Crippen LogP contribution in [0.2, 0.25) is 5.22 Å². The first-order valence-corrected chi connectivity index (χ1v) is 6.99. The predicted molar refractivity (Wildman–Crippen MR) is 78.0 cm³/mol. The van der Waals surface area contributed by atoms with Crippen LogP contribution in [0.25, 0.3) is 0 Å². The lowest BCUT2D eigenvalue weighted by Crippen LogP contribution is -2.14. The molecular formula is C13H11ClN2O3S. The largest absolute Gasteiger partial charge is 0.452 e. The molecule has 0 saturated carbocycles. The molecule has 104 valence electrons. The number of para-hydroxylation sites is 1. The fourth-order valence-electron chi connectivity index (χ4n) is 1.49. The first kappa shape index (κ1) is 14.5. The van der Waals surface area contributed by atoms with Crippen LogP contribution in [0.3, 0.4) is 0 Å². The lowest BCUT2D eigenvalue weighted by Gasteiger charge is -2.09. The molecular weight excluding hydrogens is 300 g/mol. The average Bonchev–Trinajstić information content (AvgIpc) is 2.84. The van der Waals surface area contributed by atoms with E-state index in [0.29, 0.717) is 5.69 Å². The number of rotatable bonds is 5. The van der Waals surface area contributed by atoms with E-state index >= 15 is 0 Å². The van der Waals surface area contributed by atoms with Crippen molar-refractivity contribution in [3.63, 3.8) is 0 Å². The second-order valence-corrected chi connectivity index (χ2v) is 5.17. The predicted octanol–water partition coefficient (Wildman–Crippen LogP) is 2.76. The summed E-state index contributed by atoms with van der Waals surface area (Å²) >= 11 is 7.00. The molecule has 1 heterocycles. The van der Waals surface area contributed by atoms with Crippen LogP contribution in [0.4, 0.5) is 5.69 Å². The highest BCUT2D eigenvalue weighted by Crippen LogP contribution is 2.28. The Bertz CT molecular complexity index is 642. The summed E-state index contributed by atoms with van der Waals surface area (Å²) in [6.45, 7) is 0. The average molecular weight is 311 g/mol. The smallest absolute Gasteiger partial charge is 0.260 e. The van der Waals surface area contributed by atoms with Crippen molar-refractivity contribution in [2.75, 3.05) is 11.1 Å². The first-order chi connectivity index (χ1) is 9.58. The molecule has 0 atom stereocenters. The summed E-state index contributed by atoms with van der Waals surface area (Å²) in [5, 5.41) is 2.75. The van der Waals surface area contributed by atoms with E-state index in [1.165, 1.54) is 24.1 Å². The Morgan fingerprint density at radius 3 is 2.70 bits per heavy atom. The molecule has 0 radical (unpaired) electrons. The molecule has 2 amide bonds. The van der Waals surface area contributed by atoms with Gasteiger partial charge in [0.05, 0.1) is 23.3 Å². The number of nitrogens with one attached hydrogen (secondary N) is 1. The van der Waals surface area contributed by atoms with Gasteiger partial charge in [-0.15, -0.1) is 11.8 Å². The van der Waals surface area contributed by atoms with Gasteiger partial charge in [0, 0.05) is 4.90 Å². The van der Waals surface area contributed by atoms with Gasteiger partial charge in [0.25, 0.3) is 5.91 Å². The maximum absolute atomic E-state index is 12.0. The number of nitrogens with two attached hydrogens (primary N) is 1. The van der Waals surface area contributed by atoms with Crippen LogP contribution in [0.1, 0.15) is 10.4 Å². The van der Waals surface area contributed by atoms with E-state index in [9.17, 15) is 9.59 Å². The van der Waals surface area contributed by atoms with E-state index in [0.717, 1.165) is 4.90 Å². The number of benzene rings is 1. The minimum atomic E-state index is -0.422. The van der Waals surface area contributed by atoms with Gasteiger partial charge in [-0.1, -0.05) is 12.1 Å². The maximum atomic E-state index is 12.0. The maximum Gasteiger partial charge on any atom is 0.260 e. The van der Waals surface area contributed by atoms with Crippen molar-refractivity contribution >= 4 is 40.9 Å². The molecule has 2 aromatic rings. The zero-order valence-corrected chi connectivity index (χ0v) is 11.8. The number of furan rings is 1. The van der Waals surface area contributed by atoms with Crippen molar-refractivity contribution in [2.45, 2.75) is 4.90 Å². The van der Waals surface area contributed by atoms with Crippen molar-refractivity contribution in [1.29, 1.82) is 0 Å². The summed E-state index contributed by atoms with van der Waals surface area (Å²) in [7, 11) is 0. The molecule has 5 nitrogen and oxygen atoms in total. The zero-order valence-electron chi connectivity index (χ0n) is 10.3. The van der Waals surface area contributed by atoms with Crippen molar-refractivity contribution < 1.29 is 14.0 Å². The van der Waals surface area contributed by atoms with Crippen LogP contribution in [0, 0.1) is 0 Å². The fraction of sp³-hybridized carbons (Fsp3) is 0.0769. The lowest BCUT2D eigenvalue weighted by molar-refractivity contribution is -0.115. The number of thioether (sulfide) groups is 1. The summed E-state index contributed by atoms with van der Waals surface area (Å²) < 4.78 is 4.87. The van der Waals surface area contributed by atoms with Gasteiger partial charge in [0.15, 0.2) is 0 Å². The monoisotopic (exact) mass is 310 g/mol. The quantitative estimate of drug-likeness (QED) is 0.832. The van der Waals surface area contributed by atoms with Crippen LogP contribution in [0.15, 0.2) is 45.9 Å². The third-order valence-electron chi connectivity index (χ3n) is 2.37. The van der Waals surface area contributed by atoms with Gasteiger partial charge >= 0.3 is 0 Å². The number of halogens is 1. The zero-order chi connectivity index (χ0) is 14.5. The van der Waals surface area contributed by atoms with Crippen LogP contribution in [-0.4, -0.2) is 17.6 Å².